The lowest BCUT2D eigenvalue weighted by atomic mass is 10.4. The molecule has 0 aromatic carbocycles. The van der Waals surface area contributed by atoms with Crippen molar-refractivity contribution in [1.29, 1.82) is 0 Å². The van der Waals surface area contributed by atoms with Gasteiger partial charge in [0.05, 0.1) is 13.2 Å². The highest BCUT2D eigenvalue weighted by Crippen LogP contribution is 2.28. The van der Waals surface area contributed by atoms with Crippen LogP contribution >= 0.6 is 24.0 Å². The van der Waals surface area contributed by atoms with E-state index in [2.05, 4.69) is 36.4 Å². The van der Waals surface area contributed by atoms with Crippen LogP contribution < -0.4 is 10.6 Å². The first-order valence-electron chi connectivity index (χ1n) is 6.90. The third-order valence-electron chi connectivity index (χ3n) is 2.92. The van der Waals surface area contributed by atoms with Crippen LogP contribution in [0.15, 0.2) is 4.99 Å². The Labute approximate surface area is 128 Å². The standard InChI is InChI=1S/C13H27N3O.HI/c1-4-6-8-17-9-7-15-13(14-5-2)16-12-10-11(12)3;/h11-12H,4-10H2,1-3H3,(H2,14,15,16);1H. The van der Waals surface area contributed by atoms with Crippen LogP contribution in [0.1, 0.15) is 40.0 Å². The fourth-order valence-corrected chi connectivity index (χ4v) is 1.59. The van der Waals surface area contributed by atoms with Crippen molar-refractivity contribution in [1.82, 2.24) is 10.6 Å². The summed E-state index contributed by atoms with van der Waals surface area (Å²) in [7, 11) is 0. The number of unbranched alkanes of at least 4 members (excludes halogenated alkanes) is 1. The maximum Gasteiger partial charge on any atom is 0.191 e. The minimum Gasteiger partial charge on any atom is -0.380 e. The van der Waals surface area contributed by atoms with E-state index in [4.69, 9.17) is 4.74 Å². The van der Waals surface area contributed by atoms with Crippen LogP contribution in [0.5, 0.6) is 0 Å². The smallest absolute Gasteiger partial charge is 0.191 e. The van der Waals surface area contributed by atoms with Crippen molar-refractivity contribution in [2.24, 2.45) is 10.9 Å². The molecule has 0 aliphatic heterocycles. The van der Waals surface area contributed by atoms with Gasteiger partial charge in [-0.1, -0.05) is 20.3 Å². The molecule has 0 aromatic heterocycles. The van der Waals surface area contributed by atoms with Crippen molar-refractivity contribution < 1.29 is 4.74 Å². The Morgan fingerprint density at radius 2 is 2.06 bits per heavy atom. The molecule has 1 aliphatic carbocycles. The summed E-state index contributed by atoms with van der Waals surface area (Å²) in [4.78, 5) is 4.50. The first-order chi connectivity index (χ1) is 8.27. The second kappa shape index (κ2) is 10.8. The SMILES string of the molecule is CCCCOCCN=C(NCC)NC1CC1C.I. The summed E-state index contributed by atoms with van der Waals surface area (Å²) >= 11 is 0. The van der Waals surface area contributed by atoms with Crippen LogP contribution in [0.4, 0.5) is 0 Å². The molecule has 1 rings (SSSR count). The lowest BCUT2D eigenvalue weighted by molar-refractivity contribution is 0.139. The Hall–Kier alpha value is -0.0400. The highest BCUT2D eigenvalue weighted by Gasteiger charge is 2.33. The van der Waals surface area contributed by atoms with E-state index in [-0.39, 0.29) is 24.0 Å². The third kappa shape index (κ3) is 8.13. The predicted molar refractivity (Wildman–Crippen MR) is 87.8 cm³/mol. The van der Waals surface area contributed by atoms with Crippen LogP contribution in [-0.4, -0.2) is 38.3 Å². The van der Waals surface area contributed by atoms with Crippen LogP contribution in [0.3, 0.4) is 0 Å². The summed E-state index contributed by atoms with van der Waals surface area (Å²) in [5.41, 5.74) is 0. The molecule has 0 radical (unpaired) electrons. The van der Waals surface area contributed by atoms with E-state index in [9.17, 15) is 0 Å². The van der Waals surface area contributed by atoms with Crippen molar-refractivity contribution in [3.63, 3.8) is 0 Å². The van der Waals surface area contributed by atoms with Crippen LogP contribution in [0, 0.1) is 5.92 Å². The van der Waals surface area contributed by atoms with Gasteiger partial charge in [-0.15, -0.1) is 24.0 Å². The lowest BCUT2D eigenvalue weighted by Crippen LogP contribution is -2.39. The number of guanidine groups is 1. The lowest BCUT2D eigenvalue weighted by Gasteiger charge is -2.10. The molecule has 18 heavy (non-hydrogen) atoms. The molecular weight excluding hydrogens is 341 g/mol. The second-order valence-electron chi connectivity index (χ2n) is 4.69. The maximum atomic E-state index is 5.48. The fourth-order valence-electron chi connectivity index (χ4n) is 1.59. The first kappa shape index (κ1) is 18.0. The van der Waals surface area contributed by atoms with Gasteiger partial charge in [0.2, 0.25) is 0 Å². The fraction of sp³-hybridized carbons (Fsp3) is 0.923. The number of ether oxygens (including phenoxy) is 1. The average Bonchev–Trinajstić information content (AvgIpc) is 2.99. The number of nitrogens with one attached hydrogen (secondary N) is 2. The van der Waals surface area contributed by atoms with E-state index in [1.165, 1.54) is 12.8 Å². The minimum atomic E-state index is 0. The van der Waals surface area contributed by atoms with Gasteiger partial charge in [-0.3, -0.25) is 4.99 Å². The molecule has 2 N–H and O–H groups in total. The van der Waals surface area contributed by atoms with E-state index in [0.29, 0.717) is 6.04 Å². The zero-order valence-electron chi connectivity index (χ0n) is 11.9. The first-order valence-corrected chi connectivity index (χ1v) is 6.90. The molecule has 4 nitrogen and oxygen atoms in total. The number of hydrogen-bond donors (Lipinski definition) is 2. The third-order valence-corrected chi connectivity index (χ3v) is 2.92. The topological polar surface area (TPSA) is 45.6 Å². The van der Waals surface area contributed by atoms with E-state index in [1.54, 1.807) is 0 Å². The molecule has 0 bridgehead atoms. The zero-order chi connectivity index (χ0) is 12.5. The number of hydrogen-bond acceptors (Lipinski definition) is 2. The van der Waals surface area contributed by atoms with Crippen molar-refractivity contribution in [3.05, 3.63) is 0 Å². The van der Waals surface area contributed by atoms with Gasteiger partial charge in [0.25, 0.3) is 0 Å². The molecule has 5 heteroatoms. The molecular formula is C13H28IN3O. The molecule has 2 unspecified atom stereocenters. The minimum absolute atomic E-state index is 0. The summed E-state index contributed by atoms with van der Waals surface area (Å²) < 4.78 is 5.48. The highest BCUT2D eigenvalue weighted by atomic mass is 127. The predicted octanol–water partition coefficient (Wildman–Crippen LogP) is 2.38. The maximum absolute atomic E-state index is 5.48. The number of aliphatic imine (C=N–C) groups is 1. The average molecular weight is 369 g/mol. The van der Waals surface area contributed by atoms with E-state index < -0.39 is 0 Å². The number of halogens is 1. The quantitative estimate of drug-likeness (QED) is 0.299. The zero-order valence-corrected chi connectivity index (χ0v) is 14.2. The van der Waals surface area contributed by atoms with Crippen LogP contribution in [-0.2, 0) is 4.74 Å². The Bertz CT molecular complexity index is 236. The van der Waals surface area contributed by atoms with E-state index in [0.717, 1.165) is 44.6 Å². The summed E-state index contributed by atoms with van der Waals surface area (Å²) in [6.45, 7) is 9.74. The highest BCUT2D eigenvalue weighted by molar-refractivity contribution is 14.0. The van der Waals surface area contributed by atoms with Gasteiger partial charge in [0.1, 0.15) is 0 Å². The normalized spacial score (nSPS) is 22.3. The summed E-state index contributed by atoms with van der Waals surface area (Å²) in [5.74, 6) is 1.72. The molecule has 2 atom stereocenters. The molecule has 0 saturated heterocycles. The second-order valence-corrected chi connectivity index (χ2v) is 4.69. The molecule has 0 aromatic rings. The summed E-state index contributed by atoms with van der Waals surface area (Å²) in [6, 6.07) is 0.619. The monoisotopic (exact) mass is 369 g/mol. The van der Waals surface area contributed by atoms with Gasteiger partial charge in [-0.25, -0.2) is 0 Å². The molecule has 1 saturated carbocycles. The van der Waals surface area contributed by atoms with Gasteiger partial charge in [0.15, 0.2) is 5.96 Å². The van der Waals surface area contributed by atoms with Gasteiger partial charge in [0, 0.05) is 19.2 Å². The van der Waals surface area contributed by atoms with Crippen molar-refractivity contribution >= 4 is 29.9 Å². The van der Waals surface area contributed by atoms with Gasteiger partial charge in [-0.05, 0) is 25.7 Å². The largest absolute Gasteiger partial charge is 0.380 e. The number of nitrogens with zero attached hydrogens (tertiary/aromatic N) is 1. The van der Waals surface area contributed by atoms with Crippen molar-refractivity contribution in [3.8, 4) is 0 Å². The van der Waals surface area contributed by atoms with Crippen LogP contribution in [0.2, 0.25) is 0 Å². The van der Waals surface area contributed by atoms with Crippen LogP contribution in [0.25, 0.3) is 0 Å². The molecule has 1 aliphatic rings. The molecule has 1 fully saturated rings. The molecule has 0 amide bonds. The summed E-state index contributed by atoms with van der Waals surface area (Å²) in [5, 5.41) is 6.69. The van der Waals surface area contributed by atoms with Crippen molar-refractivity contribution in [2.45, 2.75) is 46.1 Å². The van der Waals surface area contributed by atoms with E-state index >= 15 is 0 Å². The molecule has 0 heterocycles. The Morgan fingerprint density at radius 3 is 2.61 bits per heavy atom. The van der Waals surface area contributed by atoms with Gasteiger partial charge >= 0.3 is 0 Å². The Kier molecular flexibility index (Phi) is 10.8. The Morgan fingerprint density at radius 1 is 1.33 bits per heavy atom. The molecule has 0 spiro atoms. The van der Waals surface area contributed by atoms with E-state index in [1.807, 2.05) is 0 Å². The number of rotatable bonds is 8. The summed E-state index contributed by atoms with van der Waals surface area (Å²) in [6.07, 6.45) is 3.59. The van der Waals surface area contributed by atoms with Crippen molar-refractivity contribution in [2.75, 3.05) is 26.3 Å². The molecule has 108 valence electrons. The van der Waals surface area contributed by atoms with Gasteiger partial charge < -0.3 is 15.4 Å². The van der Waals surface area contributed by atoms with Gasteiger partial charge in [-0.2, -0.15) is 0 Å². The Balaban J connectivity index is 0.00000289.